The number of nitrogens with zero attached hydrogens (tertiary/aromatic N) is 4. The molecule has 0 saturated heterocycles. The molecule has 1 atom stereocenters. The fourth-order valence-corrected chi connectivity index (χ4v) is 3.00. The Balaban J connectivity index is 1.87. The number of fused-ring (bicyclic) bond motifs is 1. The van der Waals surface area contributed by atoms with Gasteiger partial charge in [-0.25, -0.2) is 9.67 Å². The summed E-state index contributed by atoms with van der Waals surface area (Å²) in [4.78, 5) is 21.7. The third kappa shape index (κ3) is 3.38. The molecule has 1 N–H and O–H groups in total. The van der Waals surface area contributed by atoms with E-state index in [1.807, 2.05) is 49.7 Å². The van der Waals surface area contributed by atoms with Crippen LogP contribution in [0.5, 0.6) is 0 Å². The number of pyridine rings is 1. The van der Waals surface area contributed by atoms with Crippen LogP contribution in [0.3, 0.4) is 0 Å². The van der Waals surface area contributed by atoms with Crippen molar-refractivity contribution in [3.8, 4) is 0 Å². The van der Waals surface area contributed by atoms with Gasteiger partial charge >= 0.3 is 0 Å². The molecule has 2 heterocycles. The van der Waals surface area contributed by atoms with Crippen molar-refractivity contribution >= 4 is 16.8 Å². The molecule has 3 rings (SSSR count). The van der Waals surface area contributed by atoms with E-state index in [1.165, 1.54) is 6.33 Å². The van der Waals surface area contributed by atoms with Gasteiger partial charge in [-0.3, -0.25) is 9.78 Å². The van der Waals surface area contributed by atoms with Crippen LogP contribution in [0.1, 0.15) is 53.7 Å². The fraction of sp³-hybridized carbons (Fsp3) is 0.368. The van der Waals surface area contributed by atoms with E-state index >= 15 is 0 Å². The van der Waals surface area contributed by atoms with Crippen LogP contribution in [-0.2, 0) is 6.54 Å². The van der Waals surface area contributed by atoms with Gasteiger partial charge in [0, 0.05) is 11.9 Å². The first kappa shape index (κ1) is 17.1. The molecule has 0 radical (unpaired) electrons. The highest BCUT2D eigenvalue weighted by Crippen LogP contribution is 2.20. The summed E-state index contributed by atoms with van der Waals surface area (Å²) in [5, 5.41) is 8.20. The lowest BCUT2D eigenvalue weighted by atomic mass is 10.1. The fourth-order valence-electron chi connectivity index (χ4n) is 3.00. The maximum Gasteiger partial charge on any atom is 0.253 e. The van der Waals surface area contributed by atoms with Gasteiger partial charge in [-0.1, -0.05) is 25.1 Å². The van der Waals surface area contributed by atoms with Crippen LogP contribution in [0.4, 0.5) is 0 Å². The Bertz CT molecular complexity index is 915. The third-order valence-electron chi connectivity index (χ3n) is 4.30. The number of rotatable bonds is 5. The van der Waals surface area contributed by atoms with Crippen molar-refractivity contribution in [1.82, 2.24) is 25.1 Å². The van der Waals surface area contributed by atoms with Crippen LogP contribution < -0.4 is 5.32 Å². The van der Waals surface area contributed by atoms with Crippen molar-refractivity contribution in [2.24, 2.45) is 0 Å². The van der Waals surface area contributed by atoms with Crippen molar-refractivity contribution in [3.05, 3.63) is 53.2 Å². The molecule has 2 aromatic heterocycles. The summed E-state index contributed by atoms with van der Waals surface area (Å²) in [7, 11) is 0. The first-order valence-corrected chi connectivity index (χ1v) is 8.56. The van der Waals surface area contributed by atoms with E-state index in [9.17, 15) is 4.79 Å². The molecular weight excluding hydrogens is 314 g/mol. The number of benzene rings is 1. The number of amides is 1. The van der Waals surface area contributed by atoms with Crippen LogP contribution in [-0.4, -0.2) is 25.7 Å². The van der Waals surface area contributed by atoms with E-state index < -0.39 is 0 Å². The number of carbonyl (C=O) groups is 1. The second kappa shape index (κ2) is 7.01. The van der Waals surface area contributed by atoms with Gasteiger partial charge < -0.3 is 5.32 Å². The van der Waals surface area contributed by atoms with Crippen molar-refractivity contribution in [3.63, 3.8) is 0 Å². The molecule has 25 heavy (non-hydrogen) atoms. The summed E-state index contributed by atoms with van der Waals surface area (Å²) in [6, 6.07) is 7.66. The van der Waals surface area contributed by atoms with E-state index in [-0.39, 0.29) is 11.9 Å². The number of aromatic nitrogens is 4. The summed E-state index contributed by atoms with van der Waals surface area (Å²) in [6.45, 7) is 8.68. The minimum absolute atomic E-state index is 0.146. The van der Waals surface area contributed by atoms with Crippen molar-refractivity contribution < 1.29 is 4.79 Å². The van der Waals surface area contributed by atoms with Gasteiger partial charge in [0.25, 0.3) is 5.91 Å². The highest BCUT2D eigenvalue weighted by atomic mass is 16.1. The maximum atomic E-state index is 12.8. The molecule has 130 valence electrons. The molecule has 0 fully saturated rings. The zero-order valence-corrected chi connectivity index (χ0v) is 15.1. The Morgan fingerprint density at radius 3 is 2.88 bits per heavy atom. The van der Waals surface area contributed by atoms with Crippen molar-refractivity contribution in [1.29, 1.82) is 0 Å². The summed E-state index contributed by atoms with van der Waals surface area (Å²) >= 11 is 0. The Labute approximate surface area is 147 Å². The first-order chi connectivity index (χ1) is 12.0. The molecule has 6 heteroatoms. The number of para-hydroxylation sites is 1. The van der Waals surface area contributed by atoms with E-state index in [0.29, 0.717) is 5.56 Å². The topological polar surface area (TPSA) is 72.7 Å². The lowest BCUT2D eigenvalue weighted by molar-refractivity contribution is 0.0936. The molecule has 0 saturated carbocycles. The van der Waals surface area contributed by atoms with Crippen LogP contribution in [0, 0.1) is 13.8 Å². The van der Waals surface area contributed by atoms with Crippen LogP contribution in [0.15, 0.2) is 30.6 Å². The number of carbonyl (C=O) groups excluding carboxylic acids is 1. The monoisotopic (exact) mass is 337 g/mol. The molecule has 1 amide bonds. The van der Waals surface area contributed by atoms with Gasteiger partial charge in [0.2, 0.25) is 0 Å². The molecule has 6 nitrogen and oxygen atoms in total. The van der Waals surface area contributed by atoms with Gasteiger partial charge in [-0.15, -0.1) is 0 Å². The minimum Gasteiger partial charge on any atom is -0.342 e. The summed E-state index contributed by atoms with van der Waals surface area (Å²) in [6.07, 6.45) is 2.49. The van der Waals surface area contributed by atoms with Crippen LogP contribution >= 0.6 is 0 Å². The molecule has 0 unspecified atom stereocenters. The average molecular weight is 337 g/mol. The minimum atomic E-state index is -0.228. The van der Waals surface area contributed by atoms with Gasteiger partial charge in [-0.2, -0.15) is 5.10 Å². The van der Waals surface area contributed by atoms with Crippen LogP contribution in [0.2, 0.25) is 0 Å². The largest absolute Gasteiger partial charge is 0.342 e. The zero-order valence-electron chi connectivity index (χ0n) is 15.1. The summed E-state index contributed by atoms with van der Waals surface area (Å²) in [5.74, 6) is 0.615. The highest BCUT2D eigenvalue weighted by molar-refractivity contribution is 5.99. The molecule has 0 bridgehead atoms. The van der Waals surface area contributed by atoms with Crippen molar-refractivity contribution in [2.75, 3.05) is 0 Å². The molecule has 1 aromatic carbocycles. The van der Waals surface area contributed by atoms with E-state index in [4.69, 9.17) is 0 Å². The first-order valence-electron chi connectivity index (χ1n) is 8.56. The third-order valence-corrected chi connectivity index (χ3v) is 4.30. The standard InChI is InChI=1S/C19H23N5O/c1-5-9-24-18(20-11-21-24)14(4)23-19(25)16-10-15-8-6-7-12(2)17(15)22-13(16)3/h6-8,10-11,14H,5,9H2,1-4H3,(H,23,25)/t14-/m1/s1. The number of nitrogens with one attached hydrogen (secondary N) is 1. The highest BCUT2D eigenvalue weighted by Gasteiger charge is 2.18. The van der Waals surface area contributed by atoms with E-state index in [2.05, 4.69) is 27.3 Å². The molecule has 0 aliphatic carbocycles. The number of hydrogen-bond acceptors (Lipinski definition) is 4. The van der Waals surface area contributed by atoms with Gasteiger partial charge in [-0.05, 0) is 38.8 Å². The molecular formula is C19H23N5O. The Morgan fingerprint density at radius 2 is 2.12 bits per heavy atom. The lowest BCUT2D eigenvalue weighted by Gasteiger charge is -2.15. The molecule has 3 aromatic rings. The Morgan fingerprint density at radius 1 is 1.32 bits per heavy atom. The number of hydrogen-bond donors (Lipinski definition) is 1. The van der Waals surface area contributed by atoms with Gasteiger partial charge in [0.15, 0.2) is 0 Å². The summed E-state index contributed by atoms with van der Waals surface area (Å²) in [5.41, 5.74) is 3.36. The second-order valence-electron chi connectivity index (χ2n) is 6.30. The van der Waals surface area contributed by atoms with Crippen LogP contribution in [0.25, 0.3) is 10.9 Å². The Hall–Kier alpha value is -2.76. The lowest BCUT2D eigenvalue weighted by Crippen LogP contribution is -2.29. The zero-order chi connectivity index (χ0) is 18.0. The van der Waals surface area contributed by atoms with Gasteiger partial charge in [0.05, 0.1) is 22.8 Å². The predicted molar refractivity (Wildman–Crippen MR) is 97.4 cm³/mol. The van der Waals surface area contributed by atoms with E-state index in [1.54, 1.807) is 0 Å². The average Bonchev–Trinajstić information content (AvgIpc) is 3.04. The van der Waals surface area contributed by atoms with Gasteiger partial charge in [0.1, 0.15) is 12.2 Å². The van der Waals surface area contributed by atoms with E-state index in [0.717, 1.165) is 41.0 Å². The molecule has 0 spiro atoms. The normalized spacial score (nSPS) is 12.3. The predicted octanol–water partition coefficient (Wildman–Crippen LogP) is 3.34. The molecule has 0 aliphatic rings. The quantitative estimate of drug-likeness (QED) is 0.775. The molecule has 0 aliphatic heterocycles. The smallest absolute Gasteiger partial charge is 0.253 e. The second-order valence-corrected chi connectivity index (χ2v) is 6.30. The van der Waals surface area contributed by atoms with Crippen molar-refractivity contribution in [2.45, 2.75) is 46.7 Å². The SMILES string of the molecule is CCCn1ncnc1[C@@H](C)NC(=O)c1cc2cccc(C)c2nc1C. The number of aryl methyl sites for hydroxylation is 3. The summed E-state index contributed by atoms with van der Waals surface area (Å²) < 4.78 is 1.83. The maximum absolute atomic E-state index is 12.8. The Kier molecular flexibility index (Phi) is 4.79.